The third kappa shape index (κ3) is 8.22. The Labute approximate surface area is 254 Å². The first-order valence-corrected chi connectivity index (χ1v) is 15.4. The molecule has 1 N–H and O–H groups in total. The fourth-order valence-electron chi connectivity index (χ4n) is 4.11. The zero-order valence-electron chi connectivity index (χ0n) is 24.1. The molecule has 0 radical (unpaired) electrons. The molecule has 3 rings (SSSR count). The number of sulfonamides is 1. The molecule has 0 aliphatic rings. The number of ether oxygens (including phenoxy) is 2. The van der Waals surface area contributed by atoms with Crippen molar-refractivity contribution in [3.63, 3.8) is 0 Å². The smallest absolute Gasteiger partial charge is 0.264 e. The fraction of sp³-hybridized carbons (Fsp3) is 0.333. The van der Waals surface area contributed by atoms with Crippen molar-refractivity contribution in [1.29, 1.82) is 0 Å². The van der Waals surface area contributed by atoms with Crippen LogP contribution in [0.4, 0.5) is 10.1 Å². The number of hydrogen-bond donors (Lipinski definition) is 1. The fourth-order valence-corrected chi connectivity index (χ4v) is 5.98. The van der Waals surface area contributed by atoms with Crippen LogP contribution in [0.5, 0.6) is 11.5 Å². The lowest BCUT2D eigenvalue weighted by Gasteiger charge is -2.32. The first kappa shape index (κ1) is 32.9. The van der Waals surface area contributed by atoms with Crippen LogP contribution in [0.25, 0.3) is 0 Å². The Morgan fingerprint density at radius 2 is 1.62 bits per heavy atom. The maximum Gasteiger partial charge on any atom is 0.264 e. The predicted octanol–water partition coefficient (Wildman–Crippen LogP) is 4.99. The van der Waals surface area contributed by atoms with E-state index in [0.717, 1.165) is 26.5 Å². The van der Waals surface area contributed by atoms with Gasteiger partial charge in [-0.2, -0.15) is 0 Å². The molecule has 1 atom stereocenters. The van der Waals surface area contributed by atoms with Crippen LogP contribution >= 0.6 is 15.9 Å². The molecule has 0 aliphatic carbocycles. The number of hydrogen-bond acceptors (Lipinski definition) is 6. The Morgan fingerprint density at radius 1 is 0.952 bits per heavy atom. The van der Waals surface area contributed by atoms with Gasteiger partial charge in [0.25, 0.3) is 10.0 Å². The van der Waals surface area contributed by atoms with Gasteiger partial charge in [0, 0.05) is 23.6 Å². The Morgan fingerprint density at radius 3 is 2.21 bits per heavy atom. The summed E-state index contributed by atoms with van der Waals surface area (Å²) in [6.07, 6.45) is 0. The molecule has 0 bridgehead atoms. The minimum absolute atomic E-state index is 0.0439. The number of carbonyl (C=O) groups is 2. The number of rotatable bonds is 13. The van der Waals surface area contributed by atoms with Gasteiger partial charge in [-0.25, -0.2) is 12.8 Å². The van der Waals surface area contributed by atoms with Crippen LogP contribution in [0.2, 0.25) is 0 Å². The molecule has 3 aromatic carbocycles. The van der Waals surface area contributed by atoms with Gasteiger partial charge < -0.3 is 19.7 Å². The van der Waals surface area contributed by atoms with Gasteiger partial charge in [0.1, 0.15) is 18.4 Å². The van der Waals surface area contributed by atoms with Crippen LogP contribution in [0, 0.1) is 11.7 Å². The van der Waals surface area contributed by atoms with E-state index in [0.29, 0.717) is 12.3 Å². The molecule has 3 aromatic rings. The molecule has 9 nitrogen and oxygen atoms in total. The number of benzene rings is 3. The third-order valence-corrected chi connectivity index (χ3v) is 8.69. The molecule has 42 heavy (non-hydrogen) atoms. The second-order valence-corrected chi connectivity index (χ2v) is 12.7. The summed E-state index contributed by atoms with van der Waals surface area (Å²) in [7, 11) is -1.58. The third-order valence-electron chi connectivity index (χ3n) is 6.43. The molecular formula is C30H35BrFN3O6S. The van der Waals surface area contributed by atoms with Gasteiger partial charge in [0.05, 0.1) is 24.8 Å². The van der Waals surface area contributed by atoms with Crippen molar-refractivity contribution in [2.75, 3.05) is 31.6 Å². The van der Waals surface area contributed by atoms with E-state index in [1.807, 2.05) is 32.0 Å². The molecule has 0 aliphatic heterocycles. The summed E-state index contributed by atoms with van der Waals surface area (Å²) in [5.74, 6) is -0.882. The molecule has 2 amide bonds. The monoisotopic (exact) mass is 663 g/mol. The van der Waals surface area contributed by atoms with Crippen LogP contribution < -0.4 is 19.1 Å². The highest BCUT2D eigenvalue weighted by molar-refractivity contribution is 9.10. The predicted molar refractivity (Wildman–Crippen MR) is 162 cm³/mol. The summed E-state index contributed by atoms with van der Waals surface area (Å²) in [6.45, 7) is 5.30. The highest BCUT2D eigenvalue weighted by Crippen LogP contribution is 2.32. The van der Waals surface area contributed by atoms with Gasteiger partial charge in [-0.1, -0.05) is 41.9 Å². The first-order chi connectivity index (χ1) is 19.9. The van der Waals surface area contributed by atoms with Crippen molar-refractivity contribution < 1.29 is 31.9 Å². The molecule has 0 fully saturated rings. The van der Waals surface area contributed by atoms with Crippen molar-refractivity contribution in [2.45, 2.75) is 38.3 Å². The Kier molecular flexibility index (Phi) is 11.3. The second-order valence-electron chi connectivity index (χ2n) is 9.97. The summed E-state index contributed by atoms with van der Waals surface area (Å²) in [5, 5.41) is 2.84. The van der Waals surface area contributed by atoms with Crippen molar-refractivity contribution in [3.8, 4) is 11.5 Å². The molecule has 0 saturated carbocycles. The standard InChI is InChI=1S/C30H35BrFN3O6S/c1-20(2)17-33-30(37)21(3)34(18-22-7-6-8-23(31)15-22)29(36)19-35(25-11-9-24(32)10-12-25)42(38,39)26-13-14-27(40-4)28(16-26)41-5/h6-16,20-21H,17-19H2,1-5H3,(H,33,37)/t21-/m1/s1. The van der Waals surface area contributed by atoms with Crippen molar-refractivity contribution in [2.24, 2.45) is 5.92 Å². The van der Waals surface area contributed by atoms with Gasteiger partial charge in [-0.15, -0.1) is 0 Å². The normalized spacial score (nSPS) is 12.0. The van der Waals surface area contributed by atoms with E-state index in [2.05, 4.69) is 21.2 Å². The second kappa shape index (κ2) is 14.5. The van der Waals surface area contributed by atoms with Crippen molar-refractivity contribution in [3.05, 3.63) is 82.6 Å². The quantitative estimate of drug-likeness (QED) is 0.276. The average Bonchev–Trinajstić information content (AvgIpc) is 2.97. The number of anilines is 1. The van der Waals surface area contributed by atoms with E-state index in [-0.39, 0.29) is 34.7 Å². The summed E-state index contributed by atoms with van der Waals surface area (Å²) in [4.78, 5) is 28.2. The van der Waals surface area contributed by atoms with Gasteiger partial charge in [0.2, 0.25) is 11.8 Å². The number of methoxy groups -OCH3 is 2. The summed E-state index contributed by atoms with van der Waals surface area (Å²) in [6, 6.07) is 15.2. The highest BCUT2D eigenvalue weighted by Gasteiger charge is 2.33. The number of carbonyl (C=O) groups excluding carboxylic acids is 2. The minimum atomic E-state index is -4.38. The van der Waals surface area contributed by atoms with Crippen LogP contribution in [0.3, 0.4) is 0 Å². The van der Waals surface area contributed by atoms with Crippen LogP contribution in [0.1, 0.15) is 26.3 Å². The number of halogens is 2. The summed E-state index contributed by atoms with van der Waals surface area (Å²) in [5.41, 5.74) is 0.802. The topological polar surface area (TPSA) is 105 Å². The maximum absolute atomic E-state index is 14.0. The molecule has 0 spiro atoms. The molecular weight excluding hydrogens is 629 g/mol. The van der Waals surface area contributed by atoms with Crippen LogP contribution in [-0.4, -0.2) is 58.5 Å². The van der Waals surface area contributed by atoms with E-state index in [1.165, 1.54) is 49.5 Å². The first-order valence-electron chi connectivity index (χ1n) is 13.2. The van der Waals surface area contributed by atoms with E-state index < -0.39 is 34.3 Å². The van der Waals surface area contributed by atoms with Crippen LogP contribution in [-0.2, 0) is 26.2 Å². The Hall–Kier alpha value is -3.64. The molecule has 0 aromatic heterocycles. The van der Waals surface area contributed by atoms with E-state index in [9.17, 15) is 22.4 Å². The van der Waals surface area contributed by atoms with E-state index >= 15 is 0 Å². The summed E-state index contributed by atoms with van der Waals surface area (Å²) < 4.78 is 54.0. The minimum Gasteiger partial charge on any atom is -0.493 e. The van der Waals surface area contributed by atoms with Crippen molar-refractivity contribution >= 4 is 43.5 Å². The van der Waals surface area contributed by atoms with E-state index in [4.69, 9.17) is 9.47 Å². The largest absolute Gasteiger partial charge is 0.493 e. The highest BCUT2D eigenvalue weighted by atomic mass is 79.9. The average molecular weight is 665 g/mol. The Bertz CT molecular complexity index is 1500. The lowest BCUT2D eigenvalue weighted by Crippen LogP contribution is -2.51. The molecule has 0 saturated heterocycles. The number of amides is 2. The lowest BCUT2D eigenvalue weighted by molar-refractivity contribution is -0.139. The van der Waals surface area contributed by atoms with Crippen molar-refractivity contribution in [1.82, 2.24) is 10.2 Å². The SMILES string of the molecule is COc1ccc(S(=O)(=O)N(CC(=O)N(Cc2cccc(Br)c2)[C@H](C)C(=O)NCC(C)C)c2ccc(F)cc2)cc1OC. The van der Waals surface area contributed by atoms with Gasteiger partial charge in [-0.3, -0.25) is 13.9 Å². The molecule has 0 unspecified atom stereocenters. The zero-order chi connectivity index (χ0) is 31.0. The maximum atomic E-state index is 14.0. The molecule has 12 heteroatoms. The lowest BCUT2D eigenvalue weighted by atomic mass is 10.1. The summed E-state index contributed by atoms with van der Waals surface area (Å²) >= 11 is 3.43. The van der Waals surface area contributed by atoms with Gasteiger partial charge >= 0.3 is 0 Å². The Balaban J connectivity index is 2.05. The molecule has 0 heterocycles. The number of nitrogens with zero attached hydrogens (tertiary/aromatic N) is 2. The zero-order valence-corrected chi connectivity index (χ0v) is 26.5. The molecule has 226 valence electrons. The number of nitrogens with one attached hydrogen (secondary N) is 1. The van der Waals surface area contributed by atoms with Crippen LogP contribution in [0.15, 0.2) is 76.1 Å². The van der Waals surface area contributed by atoms with Gasteiger partial charge in [-0.05, 0) is 66.9 Å². The van der Waals surface area contributed by atoms with E-state index in [1.54, 1.807) is 13.0 Å². The van der Waals surface area contributed by atoms with Gasteiger partial charge in [0.15, 0.2) is 11.5 Å².